The quantitative estimate of drug-likeness (QED) is 0.688. The third kappa shape index (κ3) is 5.88. The van der Waals surface area contributed by atoms with Crippen molar-refractivity contribution < 1.29 is 9.90 Å². The van der Waals surface area contributed by atoms with Gasteiger partial charge >= 0.3 is 5.97 Å². The molecule has 0 aromatic carbocycles. The van der Waals surface area contributed by atoms with Crippen LogP contribution in [-0.4, -0.2) is 17.6 Å². The highest BCUT2D eigenvalue weighted by Gasteiger charge is 1.97. The largest absolute Gasteiger partial charge is 0.481 e. The molecular formula is C12H19NO2S. The molecule has 90 valence electrons. The van der Waals surface area contributed by atoms with Crippen LogP contribution in [0, 0.1) is 6.92 Å². The van der Waals surface area contributed by atoms with E-state index in [4.69, 9.17) is 5.11 Å². The molecule has 1 rings (SSSR count). The van der Waals surface area contributed by atoms with Crippen LogP contribution in [0.15, 0.2) is 12.1 Å². The summed E-state index contributed by atoms with van der Waals surface area (Å²) >= 11 is 1.82. The summed E-state index contributed by atoms with van der Waals surface area (Å²) in [6, 6.07) is 4.28. The van der Waals surface area contributed by atoms with E-state index in [1.165, 1.54) is 9.75 Å². The number of rotatable bonds is 8. The molecule has 0 atom stereocenters. The van der Waals surface area contributed by atoms with Crippen molar-refractivity contribution in [1.82, 2.24) is 5.32 Å². The number of carbonyl (C=O) groups is 1. The maximum Gasteiger partial charge on any atom is 0.303 e. The molecule has 0 unspecified atom stereocenters. The van der Waals surface area contributed by atoms with Gasteiger partial charge in [-0.3, -0.25) is 4.79 Å². The van der Waals surface area contributed by atoms with Gasteiger partial charge in [-0.2, -0.15) is 0 Å². The second-order valence-electron chi connectivity index (χ2n) is 3.89. The zero-order valence-corrected chi connectivity index (χ0v) is 10.5. The van der Waals surface area contributed by atoms with Crippen LogP contribution in [0.2, 0.25) is 0 Å². The predicted octanol–water partition coefficient (Wildman–Crippen LogP) is 2.79. The maximum absolute atomic E-state index is 10.3. The first-order chi connectivity index (χ1) is 7.68. The smallest absolute Gasteiger partial charge is 0.303 e. The van der Waals surface area contributed by atoms with Crippen molar-refractivity contribution in [1.29, 1.82) is 0 Å². The van der Waals surface area contributed by atoms with Crippen LogP contribution in [0.25, 0.3) is 0 Å². The molecule has 0 aliphatic heterocycles. The number of unbranched alkanes of at least 4 members (excludes halogenated alkanes) is 2. The monoisotopic (exact) mass is 241 g/mol. The fraction of sp³-hybridized carbons (Fsp3) is 0.583. The lowest BCUT2D eigenvalue weighted by atomic mass is 10.2. The summed E-state index contributed by atoms with van der Waals surface area (Å²) in [6.45, 7) is 4.01. The van der Waals surface area contributed by atoms with Crippen LogP contribution in [-0.2, 0) is 11.3 Å². The van der Waals surface area contributed by atoms with Crippen molar-refractivity contribution in [3.05, 3.63) is 21.9 Å². The SMILES string of the molecule is Cc1ccc(CNCCCCCC(=O)O)s1. The number of hydrogen-bond acceptors (Lipinski definition) is 3. The number of carboxylic acids is 1. The lowest BCUT2D eigenvalue weighted by Gasteiger charge is -2.02. The van der Waals surface area contributed by atoms with Crippen LogP contribution in [0.1, 0.15) is 35.4 Å². The van der Waals surface area contributed by atoms with Gasteiger partial charge in [0, 0.05) is 22.7 Å². The molecule has 1 aromatic rings. The minimum Gasteiger partial charge on any atom is -0.481 e. The molecule has 2 N–H and O–H groups in total. The van der Waals surface area contributed by atoms with Crippen molar-refractivity contribution in [2.45, 2.75) is 39.2 Å². The Balaban J connectivity index is 1.94. The molecule has 0 radical (unpaired) electrons. The average Bonchev–Trinajstić information content (AvgIpc) is 2.62. The van der Waals surface area contributed by atoms with Crippen LogP contribution in [0.3, 0.4) is 0 Å². The molecular weight excluding hydrogens is 222 g/mol. The van der Waals surface area contributed by atoms with Crippen LogP contribution >= 0.6 is 11.3 Å². The minimum atomic E-state index is -0.693. The molecule has 0 amide bonds. The first-order valence-electron chi connectivity index (χ1n) is 5.66. The fourth-order valence-electron chi connectivity index (χ4n) is 1.49. The Morgan fingerprint density at radius 3 is 2.81 bits per heavy atom. The molecule has 16 heavy (non-hydrogen) atoms. The molecule has 0 spiro atoms. The Morgan fingerprint density at radius 2 is 2.19 bits per heavy atom. The van der Waals surface area contributed by atoms with E-state index in [2.05, 4.69) is 24.4 Å². The summed E-state index contributed by atoms with van der Waals surface area (Å²) in [5, 5.41) is 11.8. The molecule has 1 heterocycles. The van der Waals surface area contributed by atoms with Crippen LogP contribution < -0.4 is 5.32 Å². The van der Waals surface area contributed by atoms with Crippen molar-refractivity contribution in [2.24, 2.45) is 0 Å². The summed E-state index contributed by atoms with van der Waals surface area (Å²) < 4.78 is 0. The van der Waals surface area contributed by atoms with E-state index < -0.39 is 5.97 Å². The average molecular weight is 241 g/mol. The van der Waals surface area contributed by atoms with Gasteiger partial charge in [0.2, 0.25) is 0 Å². The Morgan fingerprint density at radius 1 is 1.38 bits per heavy atom. The van der Waals surface area contributed by atoms with Crippen molar-refractivity contribution >= 4 is 17.3 Å². The zero-order chi connectivity index (χ0) is 11.8. The zero-order valence-electron chi connectivity index (χ0n) is 9.66. The predicted molar refractivity (Wildman–Crippen MR) is 66.9 cm³/mol. The highest BCUT2D eigenvalue weighted by Crippen LogP contribution is 2.14. The second kappa shape index (κ2) is 7.41. The van der Waals surface area contributed by atoms with Crippen molar-refractivity contribution in [3.8, 4) is 0 Å². The number of aryl methyl sites for hydroxylation is 1. The Hall–Kier alpha value is -0.870. The number of thiophene rings is 1. The topological polar surface area (TPSA) is 49.3 Å². The number of carboxylic acid groups (broad SMARTS) is 1. The fourth-order valence-corrected chi connectivity index (χ4v) is 2.35. The molecule has 1 aromatic heterocycles. The van der Waals surface area contributed by atoms with Gasteiger partial charge in [-0.15, -0.1) is 11.3 Å². The van der Waals surface area contributed by atoms with E-state index in [0.29, 0.717) is 6.42 Å². The summed E-state index contributed by atoms with van der Waals surface area (Å²) in [7, 11) is 0. The lowest BCUT2D eigenvalue weighted by molar-refractivity contribution is -0.137. The first-order valence-corrected chi connectivity index (χ1v) is 6.48. The summed E-state index contributed by atoms with van der Waals surface area (Å²) in [5.41, 5.74) is 0. The molecule has 0 saturated carbocycles. The van der Waals surface area contributed by atoms with Crippen molar-refractivity contribution in [3.63, 3.8) is 0 Å². The highest BCUT2D eigenvalue weighted by atomic mass is 32.1. The van der Waals surface area contributed by atoms with Gasteiger partial charge in [-0.1, -0.05) is 6.42 Å². The van der Waals surface area contributed by atoms with Crippen molar-refractivity contribution in [2.75, 3.05) is 6.54 Å². The van der Waals surface area contributed by atoms with Gasteiger partial charge in [0.15, 0.2) is 0 Å². The Kier molecular flexibility index (Phi) is 6.11. The van der Waals surface area contributed by atoms with Crippen LogP contribution in [0.4, 0.5) is 0 Å². The summed E-state index contributed by atoms with van der Waals surface area (Å²) in [6.07, 6.45) is 3.12. The molecule has 0 bridgehead atoms. The molecule has 0 aliphatic carbocycles. The third-order valence-electron chi connectivity index (χ3n) is 2.34. The molecule has 4 heteroatoms. The number of nitrogens with one attached hydrogen (secondary N) is 1. The standard InChI is InChI=1S/C12H19NO2S/c1-10-6-7-11(16-10)9-13-8-4-2-3-5-12(14)15/h6-7,13H,2-5,8-9H2,1H3,(H,14,15). The van der Waals surface area contributed by atoms with E-state index in [0.717, 1.165) is 32.4 Å². The molecule has 3 nitrogen and oxygen atoms in total. The van der Waals surface area contributed by atoms with E-state index in [9.17, 15) is 4.79 Å². The Bertz CT molecular complexity index is 323. The summed E-state index contributed by atoms with van der Waals surface area (Å²) in [5.74, 6) is -0.693. The Labute approximate surface area is 100 Å². The van der Waals surface area contributed by atoms with E-state index in [-0.39, 0.29) is 0 Å². The number of aliphatic carboxylic acids is 1. The van der Waals surface area contributed by atoms with Gasteiger partial charge in [0.1, 0.15) is 0 Å². The van der Waals surface area contributed by atoms with E-state index in [1.54, 1.807) is 0 Å². The minimum absolute atomic E-state index is 0.296. The third-order valence-corrected chi connectivity index (χ3v) is 3.34. The van der Waals surface area contributed by atoms with Gasteiger partial charge < -0.3 is 10.4 Å². The van der Waals surface area contributed by atoms with Gasteiger partial charge in [-0.25, -0.2) is 0 Å². The van der Waals surface area contributed by atoms with Crippen LogP contribution in [0.5, 0.6) is 0 Å². The van der Waals surface area contributed by atoms with Gasteiger partial charge in [-0.05, 0) is 38.4 Å². The van der Waals surface area contributed by atoms with Gasteiger partial charge in [0.25, 0.3) is 0 Å². The lowest BCUT2D eigenvalue weighted by Crippen LogP contribution is -2.13. The van der Waals surface area contributed by atoms with E-state index >= 15 is 0 Å². The van der Waals surface area contributed by atoms with E-state index in [1.807, 2.05) is 11.3 Å². The second-order valence-corrected chi connectivity index (χ2v) is 5.27. The molecule has 0 fully saturated rings. The van der Waals surface area contributed by atoms with Gasteiger partial charge in [0.05, 0.1) is 0 Å². The highest BCUT2D eigenvalue weighted by molar-refractivity contribution is 7.11. The first kappa shape index (κ1) is 13.2. The normalized spacial score (nSPS) is 10.6. The molecule has 0 aliphatic rings. The summed E-state index contributed by atoms with van der Waals surface area (Å²) in [4.78, 5) is 13.0. The number of hydrogen-bond donors (Lipinski definition) is 2. The maximum atomic E-state index is 10.3. The molecule has 0 saturated heterocycles.